The first kappa shape index (κ1) is 26.8. The average Bonchev–Trinajstić information content (AvgIpc) is 2.78. The number of carbonyl (C=O) groups excluding carboxylic acids is 2. The van der Waals surface area contributed by atoms with Gasteiger partial charge < -0.3 is 21.3 Å². The molecule has 1 atom stereocenters. The number of unbranched alkanes of at least 4 members (excludes halogenated alkanes) is 1. The van der Waals surface area contributed by atoms with Crippen LogP contribution in [0.25, 0.3) is 0 Å². The van der Waals surface area contributed by atoms with Crippen molar-refractivity contribution in [2.45, 2.75) is 52.4 Å². The molecule has 0 fully saturated rings. The Balaban J connectivity index is 1.83. The molecule has 2 aromatic rings. The summed E-state index contributed by atoms with van der Waals surface area (Å²) in [5.41, 5.74) is 1.29. The third-order valence-electron chi connectivity index (χ3n) is 5.77. The van der Waals surface area contributed by atoms with E-state index >= 15 is 0 Å². The van der Waals surface area contributed by atoms with Crippen molar-refractivity contribution in [1.82, 2.24) is 10.6 Å². The Labute approximate surface area is 206 Å². The maximum absolute atomic E-state index is 12.4. The van der Waals surface area contributed by atoms with Crippen LogP contribution in [0.1, 0.15) is 52.4 Å². The van der Waals surface area contributed by atoms with Crippen LogP contribution in [0.4, 0.5) is 21.0 Å². The van der Waals surface area contributed by atoms with Crippen LogP contribution >= 0.6 is 23.2 Å². The lowest BCUT2D eigenvalue weighted by Crippen LogP contribution is -2.40. The predicted molar refractivity (Wildman–Crippen MR) is 138 cm³/mol. The molecule has 2 aromatic carbocycles. The summed E-state index contributed by atoms with van der Waals surface area (Å²) >= 11 is 11.9. The standard InChI is InChI=1S/C25H34Cl2N4O2/c1-3-5-13-25(4-2,18-29-24(33)31-22-12-7-10-20(27)17-22)14-8-15-28-23(32)30-21-11-6-9-19(26)16-21/h6-7,9-12,16-17H,3-5,8,13-15,18H2,1-2H3,(H2,28,30,32)(H2,29,31,33)/t25-/m1/s1. The summed E-state index contributed by atoms with van der Waals surface area (Å²) in [5.74, 6) is 0. The molecule has 180 valence electrons. The molecule has 0 aliphatic rings. The molecule has 0 saturated heterocycles. The average molecular weight is 493 g/mol. The number of amides is 4. The number of halogens is 2. The topological polar surface area (TPSA) is 82.3 Å². The van der Waals surface area contributed by atoms with Gasteiger partial charge in [-0.2, -0.15) is 0 Å². The molecular weight excluding hydrogens is 459 g/mol. The van der Waals surface area contributed by atoms with Gasteiger partial charge in [0.1, 0.15) is 0 Å². The van der Waals surface area contributed by atoms with Gasteiger partial charge in [0.2, 0.25) is 0 Å². The number of hydrogen-bond acceptors (Lipinski definition) is 2. The van der Waals surface area contributed by atoms with Crippen molar-refractivity contribution < 1.29 is 9.59 Å². The molecule has 0 radical (unpaired) electrons. The van der Waals surface area contributed by atoms with Gasteiger partial charge in [-0.1, -0.05) is 62.0 Å². The number of carbonyl (C=O) groups is 2. The number of hydrogen-bond donors (Lipinski definition) is 4. The highest BCUT2D eigenvalue weighted by Crippen LogP contribution is 2.33. The molecule has 0 saturated carbocycles. The van der Waals surface area contributed by atoms with Crippen molar-refractivity contribution >= 4 is 46.6 Å². The molecule has 0 heterocycles. The number of benzene rings is 2. The SMILES string of the molecule is CCCC[C@](CC)(CCCNC(=O)Nc1cccc(Cl)c1)CNC(=O)Nc1cccc(Cl)c1. The van der Waals surface area contributed by atoms with E-state index in [4.69, 9.17) is 23.2 Å². The molecule has 8 heteroatoms. The summed E-state index contributed by atoms with van der Waals surface area (Å²) in [5, 5.41) is 12.7. The Kier molecular flexibility index (Phi) is 11.3. The summed E-state index contributed by atoms with van der Waals surface area (Å²) in [6, 6.07) is 13.6. The van der Waals surface area contributed by atoms with E-state index in [0.717, 1.165) is 38.5 Å². The number of urea groups is 2. The van der Waals surface area contributed by atoms with Crippen molar-refractivity contribution in [2.24, 2.45) is 5.41 Å². The largest absolute Gasteiger partial charge is 0.338 e. The number of anilines is 2. The normalized spacial score (nSPS) is 12.5. The summed E-state index contributed by atoms with van der Waals surface area (Å²) in [4.78, 5) is 24.6. The van der Waals surface area contributed by atoms with E-state index in [9.17, 15) is 9.59 Å². The summed E-state index contributed by atoms with van der Waals surface area (Å²) in [7, 11) is 0. The van der Waals surface area contributed by atoms with Crippen molar-refractivity contribution in [2.75, 3.05) is 23.7 Å². The smallest absolute Gasteiger partial charge is 0.319 e. The molecule has 0 aliphatic carbocycles. The molecule has 0 aliphatic heterocycles. The van der Waals surface area contributed by atoms with Crippen molar-refractivity contribution in [3.8, 4) is 0 Å². The van der Waals surface area contributed by atoms with E-state index < -0.39 is 0 Å². The minimum atomic E-state index is -0.257. The van der Waals surface area contributed by atoms with Gasteiger partial charge in [-0.05, 0) is 67.5 Å². The van der Waals surface area contributed by atoms with E-state index in [1.165, 1.54) is 0 Å². The second-order valence-electron chi connectivity index (χ2n) is 8.27. The first-order chi connectivity index (χ1) is 15.9. The van der Waals surface area contributed by atoms with Gasteiger partial charge in [-0.25, -0.2) is 9.59 Å². The van der Waals surface area contributed by atoms with Crippen LogP contribution in [0.3, 0.4) is 0 Å². The highest BCUT2D eigenvalue weighted by atomic mass is 35.5. The molecule has 0 aromatic heterocycles. The first-order valence-corrected chi connectivity index (χ1v) is 12.2. The van der Waals surface area contributed by atoms with E-state index in [2.05, 4.69) is 35.1 Å². The van der Waals surface area contributed by atoms with Gasteiger partial charge in [0, 0.05) is 34.5 Å². The molecule has 2 rings (SSSR count). The molecule has 4 N–H and O–H groups in total. The predicted octanol–water partition coefficient (Wildman–Crippen LogP) is 7.30. The van der Waals surface area contributed by atoms with Crippen molar-refractivity contribution in [3.05, 3.63) is 58.6 Å². The van der Waals surface area contributed by atoms with Gasteiger partial charge in [0.05, 0.1) is 0 Å². The fraction of sp³-hybridized carbons (Fsp3) is 0.440. The lowest BCUT2D eigenvalue weighted by atomic mass is 9.76. The summed E-state index contributed by atoms with van der Waals surface area (Å²) < 4.78 is 0. The summed E-state index contributed by atoms with van der Waals surface area (Å²) in [6.07, 6.45) is 5.87. The number of rotatable bonds is 12. The molecule has 0 spiro atoms. The lowest BCUT2D eigenvalue weighted by Gasteiger charge is -2.33. The minimum Gasteiger partial charge on any atom is -0.338 e. The monoisotopic (exact) mass is 492 g/mol. The molecule has 33 heavy (non-hydrogen) atoms. The van der Waals surface area contributed by atoms with Crippen LogP contribution in [0.15, 0.2) is 48.5 Å². The zero-order valence-electron chi connectivity index (χ0n) is 19.3. The van der Waals surface area contributed by atoms with Crippen LogP contribution in [0.5, 0.6) is 0 Å². The maximum Gasteiger partial charge on any atom is 0.319 e. The van der Waals surface area contributed by atoms with Gasteiger partial charge in [0.15, 0.2) is 0 Å². The van der Waals surface area contributed by atoms with Gasteiger partial charge in [0.25, 0.3) is 0 Å². The lowest BCUT2D eigenvalue weighted by molar-refractivity contribution is 0.202. The molecule has 0 bridgehead atoms. The van der Waals surface area contributed by atoms with E-state index in [1.54, 1.807) is 48.5 Å². The third-order valence-corrected chi connectivity index (χ3v) is 6.24. The fourth-order valence-electron chi connectivity index (χ4n) is 3.75. The van der Waals surface area contributed by atoms with Gasteiger partial charge >= 0.3 is 12.1 Å². The summed E-state index contributed by atoms with van der Waals surface area (Å²) in [6.45, 7) is 5.45. The Morgan fingerprint density at radius 3 is 1.88 bits per heavy atom. The number of nitrogens with one attached hydrogen (secondary N) is 4. The Morgan fingerprint density at radius 1 is 0.818 bits per heavy atom. The fourth-order valence-corrected chi connectivity index (χ4v) is 4.13. The Hall–Kier alpha value is -2.44. The highest BCUT2D eigenvalue weighted by Gasteiger charge is 2.27. The zero-order chi connectivity index (χ0) is 24.1. The Morgan fingerprint density at radius 2 is 1.36 bits per heavy atom. The zero-order valence-corrected chi connectivity index (χ0v) is 20.9. The van der Waals surface area contributed by atoms with Crippen LogP contribution in [-0.4, -0.2) is 25.2 Å². The van der Waals surface area contributed by atoms with Gasteiger partial charge in [-0.3, -0.25) is 0 Å². The van der Waals surface area contributed by atoms with Crippen LogP contribution in [-0.2, 0) is 0 Å². The second-order valence-corrected chi connectivity index (χ2v) is 9.14. The van der Waals surface area contributed by atoms with Crippen molar-refractivity contribution in [1.29, 1.82) is 0 Å². The van der Waals surface area contributed by atoms with Crippen LogP contribution < -0.4 is 21.3 Å². The van der Waals surface area contributed by atoms with Crippen LogP contribution in [0.2, 0.25) is 10.0 Å². The third kappa shape index (κ3) is 9.93. The molecule has 0 unspecified atom stereocenters. The highest BCUT2D eigenvalue weighted by molar-refractivity contribution is 6.31. The van der Waals surface area contributed by atoms with E-state index in [0.29, 0.717) is 34.5 Å². The quantitative estimate of drug-likeness (QED) is 0.234. The van der Waals surface area contributed by atoms with E-state index in [1.807, 2.05) is 0 Å². The molecular formula is C25H34Cl2N4O2. The van der Waals surface area contributed by atoms with Gasteiger partial charge in [-0.15, -0.1) is 0 Å². The van der Waals surface area contributed by atoms with E-state index in [-0.39, 0.29) is 17.5 Å². The van der Waals surface area contributed by atoms with Crippen molar-refractivity contribution in [3.63, 3.8) is 0 Å². The molecule has 4 amide bonds. The maximum atomic E-state index is 12.4. The Bertz CT molecular complexity index is 909. The minimum absolute atomic E-state index is 0.0210. The van der Waals surface area contributed by atoms with Crippen LogP contribution in [0, 0.1) is 5.41 Å². The molecule has 6 nitrogen and oxygen atoms in total. The second kappa shape index (κ2) is 14.0. The first-order valence-electron chi connectivity index (χ1n) is 11.5.